The van der Waals surface area contributed by atoms with Crippen LogP contribution in [0.1, 0.15) is 11.1 Å². The molecule has 4 aromatic carbocycles. The van der Waals surface area contributed by atoms with Crippen molar-refractivity contribution in [2.75, 3.05) is 11.5 Å². The highest BCUT2D eigenvalue weighted by Crippen LogP contribution is 2.30. The lowest BCUT2D eigenvalue weighted by molar-refractivity contribution is 0.485. The number of hydrogen-bond acceptors (Lipinski definition) is 3. The summed E-state index contributed by atoms with van der Waals surface area (Å²) in [7, 11) is 0. The predicted molar refractivity (Wildman–Crippen MR) is 120 cm³/mol. The van der Waals surface area contributed by atoms with E-state index in [4.69, 9.17) is 16.2 Å². The zero-order valence-electron chi connectivity index (χ0n) is 15.8. The second kappa shape index (κ2) is 8.24. The van der Waals surface area contributed by atoms with Crippen LogP contribution >= 0.6 is 0 Å². The van der Waals surface area contributed by atoms with Gasteiger partial charge < -0.3 is 16.2 Å². The zero-order valence-corrected chi connectivity index (χ0v) is 15.8. The van der Waals surface area contributed by atoms with Crippen LogP contribution in [0.25, 0.3) is 11.1 Å². The van der Waals surface area contributed by atoms with Crippen molar-refractivity contribution in [3.05, 3.63) is 108 Å². The SMILES string of the molecule is Nc1ccc(Oc2ccc(-c3ccc(C#Cc4ccccc4)cc3)cc2)c(N)c1. The fourth-order valence-electron chi connectivity index (χ4n) is 2.91. The average molecular weight is 376 g/mol. The van der Waals surface area contributed by atoms with E-state index in [-0.39, 0.29) is 0 Å². The van der Waals surface area contributed by atoms with E-state index < -0.39 is 0 Å². The Labute approximate surface area is 170 Å². The van der Waals surface area contributed by atoms with Gasteiger partial charge in [-0.2, -0.15) is 0 Å². The summed E-state index contributed by atoms with van der Waals surface area (Å²) in [5.74, 6) is 7.68. The predicted octanol–water partition coefficient (Wildman–Crippen LogP) is 5.71. The number of benzene rings is 4. The molecule has 3 nitrogen and oxygen atoms in total. The highest BCUT2D eigenvalue weighted by molar-refractivity contribution is 5.66. The van der Waals surface area contributed by atoms with Gasteiger partial charge in [-0.05, 0) is 65.7 Å². The summed E-state index contributed by atoms with van der Waals surface area (Å²) in [5, 5.41) is 0. The van der Waals surface area contributed by atoms with Crippen molar-refractivity contribution in [2.45, 2.75) is 0 Å². The Morgan fingerprint density at radius 2 is 1.17 bits per heavy atom. The lowest BCUT2D eigenvalue weighted by Gasteiger charge is -2.10. The van der Waals surface area contributed by atoms with Gasteiger partial charge in [0.15, 0.2) is 0 Å². The second-order valence-corrected chi connectivity index (χ2v) is 6.62. The fourth-order valence-corrected chi connectivity index (χ4v) is 2.91. The minimum Gasteiger partial charge on any atom is -0.455 e. The molecule has 0 spiro atoms. The Balaban J connectivity index is 1.47. The maximum absolute atomic E-state index is 5.95. The van der Waals surface area contributed by atoms with Crippen molar-refractivity contribution in [3.8, 4) is 34.5 Å². The van der Waals surface area contributed by atoms with Crippen LogP contribution in [-0.4, -0.2) is 0 Å². The molecule has 0 bridgehead atoms. The molecule has 0 aliphatic heterocycles. The van der Waals surface area contributed by atoms with Crippen LogP contribution in [0.5, 0.6) is 11.5 Å². The van der Waals surface area contributed by atoms with Crippen LogP contribution in [0.3, 0.4) is 0 Å². The maximum Gasteiger partial charge on any atom is 0.150 e. The summed E-state index contributed by atoms with van der Waals surface area (Å²) in [5.41, 5.74) is 17.0. The molecule has 4 N–H and O–H groups in total. The summed E-state index contributed by atoms with van der Waals surface area (Å²) in [6.45, 7) is 0. The fraction of sp³-hybridized carbons (Fsp3) is 0. The summed E-state index contributed by atoms with van der Waals surface area (Å²) in [4.78, 5) is 0. The number of hydrogen-bond donors (Lipinski definition) is 2. The first kappa shape index (κ1) is 18.2. The third kappa shape index (κ3) is 4.58. The summed E-state index contributed by atoms with van der Waals surface area (Å²) < 4.78 is 5.85. The lowest BCUT2D eigenvalue weighted by Crippen LogP contribution is -1.94. The highest BCUT2D eigenvalue weighted by atomic mass is 16.5. The van der Waals surface area contributed by atoms with E-state index in [1.54, 1.807) is 18.2 Å². The lowest BCUT2D eigenvalue weighted by atomic mass is 10.0. The summed E-state index contributed by atoms with van der Waals surface area (Å²) in [6, 6.07) is 31.3. The Hall–Kier alpha value is -4.16. The number of anilines is 2. The molecule has 0 aromatic heterocycles. The molecule has 0 saturated heterocycles. The molecule has 0 aliphatic carbocycles. The summed E-state index contributed by atoms with van der Waals surface area (Å²) in [6.07, 6.45) is 0. The van der Waals surface area contributed by atoms with E-state index in [0.29, 0.717) is 17.1 Å². The molecule has 29 heavy (non-hydrogen) atoms. The van der Waals surface area contributed by atoms with E-state index in [1.807, 2.05) is 66.7 Å². The van der Waals surface area contributed by atoms with Gasteiger partial charge in [0.25, 0.3) is 0 Å². The molecular weight excluding hydrogens is 356 g/mol. The van der Waals surface area contributed by atoms with Gasteiger partial charge in [0.05, 0.1) is 5.69 Å². The normalized spacial score (nSPS) is 10.1. The van der Waals surface area contributed by atoms with Gasteiger partial charge in [-0.15, -0.1) is 0 Å². The molecule has 3 heteroatoms. The Morgan fingerprint density at radius 1 is 0.586 bits per heavy atom. The minimum absolute atomic E-state index is 0.515. The van der Waals surface area contributed by atoms with E-state index in [0.717, 1.165) is 28.0 Å². The van der Waals surface area contributed by atoms with E-state index in [1.165, 1.54) is 0 Å². The van der Waals surface area contributed by atoms with Crippen molar-refractivity contribution in [3.63, 3.8) is 0 Å². The average Bonchev–Trinajstić information content (AvgIpc) is 2.76. The molecule has 0 amide bonds. The molecule has 4 aromatic rings. The van der Waals surface area contributed by atoms with Crippen LogP contribution < -0.4 is 16.2 Å². The third-order valence-electron chi connectivity index (χ3n) is 4.46. The molecule has 0 unspecified atom stereocenters. The smallest absolute Gasteiger partial charge is 0.150 e. The van der Waals surface area contributed by atoms with Gasteiger partial charge >= 0.3 is 0 Å². The Bertz CT molecular complexity index is 1170. The quantitative estimate of drug-likeness (QED) is 0.356. The Morgan fingerprint density at radius 3 is 1.79 bits per heavy atom. The van der Waals surface area contributed by atoms with Crippen LogP contribution in [0.2, 0.25) is 0 Å². The van der Waals surface area contributed by atoms with Gasteiger partial charge in [0.1, 0.15) is 11.5 Å². The number of nitrogens with two attached hydrogens (primary N) is 2. The zero-order chi connectivity index (χ0) is 20.1. The standard InChI is InChI=1S/C26H20N2O/c27-23-14-17-26(25(28)18-23)29-24-15-12-22(13-16-24)21-10-8-20(9-11-21)7-6-19-4-2-1-3-5-19/h1-5,8-18H,27-28H2. The molecule has 4 rings (SSSR count). The molecule has 0 fully saturated rings. The molecular formula is C26H20N2O. The number of rotatable bonds is 3. The van der Waals surface area contributed by atoms with Gasteiger partial charge in [-0.25, -0.2) is 0 Å². The molecule has 0 atom stereocenters. The second-order valence-electron chi connectivity index (χ2n) is 6.62. The molecule has 140 valence electrons. The summed E-state index contributed by atoms with van der Waals surface area (Å²) >= 11 is 0. The maximum atomic E-state index is 5.95. The highest BCUT2D eigenvalue weighted by Gasteiger charge is 2.04. The largest absolute Gasteiger partial charge is 0.455 e. The first-order valence-electron chi connectivity index (χ1n) is 9.28. The van der Waals surface area contributed by atoms with E-state index in [2.05, 4.69) is 24.0 Å². The van der Waals surface area contributed by atoms with Crippen molar-refractivity contribution in [2.24, 2.45) is 0 Å². The van der Waals surface area contributed by atoms with Gasteiger partial charge in [-0.3, -0.25) is 0 Å². The number of nitrogen functional groups attached to an aromatic ring is 2. The van der Waals surface area contributed by atoms with Crippen LogP contribution in [0.4, 0.5) is 11.4 Å². The van der Waals surface area contributed by atoms with E-state index in [9.17, 15) is 0 Å². The monoisotopic (exact) mass is 376 g/mol. The molecule has 0 aliphatic rings. The number of ether oxygens (including phenoxy) is 1. The van der Waals surface area contributed by atoms with Crippen LogP contribution in [-0.2, 0) is 0 Å². The topological polar surface area (TPSA) is 61.3 Å². The van der Waals surface area contributed by atoms with Gasteiger partial charge in [-0.1, -0.05) is 54.3 Å². The molecule has 0 saturated carbocycles. The van der Waals surface area contributed by atoms with Crippen molar-refractivity contribution in [1.82, 2.24) is 0 Å². The van der Waals surface area contributed by atoms with Crippen LogP contribution in [0, 0.1) is 11.8 Å². The Kier molecular flexibility index (Phi) is 5.18. The van der Waals surface area contributed by atoms with Crippen LogP contribution in [0.15, 0.2) is 97.1 Å². The first-order chi connectivity index (χ1) is 14.2. The first-order valence-corrected chi connectivity index (χ1v) is 9.28. The molecule has 0 heterocycles. The molecule has 0 radical (unpaired) electrons. The van der Waals surface area contributed by atoms with Crippen molar-refractivity contribution in [1.29, 1.82) is 0 Å². The van der Waals surface area contributed by atoms with Gasteiger partial charge in [0.2, 0.25) is 0 Å². The van der Waals surface area contributed by atoms with Gasteiger partial charge in [0, 0.05) is 16.8 Å². The third-order valence-corrected chi connectivity index (χ3v) is 4.46. The minimum atomic E-state index is 0.515. The van der Waals surface area contributed by atoms with Crippen molar-refractivity contribution >= 4 is 11.4 Å². The van der Waals surface area contributed by atoms with E-state index >= 15 is 0 Å². The van der Waals surface area contributed by atoms with Crippen molar-refractivity contribution < 1.29 is 4.74 Å².